The van der Waals surface area contributed by atoms with E-state index in [1.165, 1.54) is 0 Å². The first kappa shape index (κ1) is 16.9. The van der Waals surface area contributed by atoms with Crippen LogP contribution in [0.5, 0.6) is 0 Å². The fourth-order valence-electron chi connectivity index (χ4n) is 3.73. The zero-order chi connectivity index (χ0) is 18.1. The molecule has 1 heterocycles. The molecule has 1 aromatic heterocycles. The molecule has 5 nitrogen and oxygen atoms in total. The summed E-state index contributed by atoms with van der Waals surface area (Å²) in [5.74, 6) is -0.179. The highest BCUT2D eigenvalue weighted by Gasteiger charge is 2.21. The number of carbonyl (C=O) groups is 1. The number of imidazole rings is 1. The van der Waals surface area contributed by atoms with Gasteiger partial charge in [-0.3, -0.25) is 9.36 Å². The summed E-state index contributed by atoms with van der Waals surface area (Å²) < 4.78 is 1.84. The van der Waals surface area contributed by atoms with Crippen molar-refractivity contribution < 1.29 is 4.79 Å². The van der Waals surface area contributed by atoms with Crippen molar-refractivity contribution in [3.63, 3.8) is 0 Å². The minimum Gasteiger partial charge on any atom is -0.348 e. The minimum absolute atomic E-state index is 0.0941. The molecule has 1 fully saturated rings. The zero-order valence-corrected chi connectivity index (χ0v) is 15.1. The number of aromatic amines is 1. The van der Waals surface area contributed by atoms with Crippen molar-refractivity contribution in [1.82, 2.24) is 14.9 Å². The number of nitrogens with one attached hydrogen (secondary N) is 2. The van der Waals surface area contributed by atoms with Crippen LogP contribution in [-0.4, -0.2) is 15.5 Å². The molecule has 0 spiro atoms. The van der Waals surface area contributed by atoms with Gasteiger partial charge in [-0.25, -0.2) is 4.79 Å². The van der Waals surface area contributed by atoms with E-state index in [2.05, 4.69) is 10.3 Å². The molecule has 2 aromatic carbocycles. The van der Waals surface area contributed by atoms with Gasteiger partial charge in [-0.15, -0.1) is 0 Å². The van der Waals surface area contributed by atoms with Gasteiger partial charge >= 0.3 is 5.69 Å². The van der Waals surface area contributed by atoms with E-state index in [9.17, 15) is 9.59 Å². The molecule has 0 aliphatic heterocycles. The van der Waals surface area contributed by atoms with Gasteiger partial charge in [-0.2, -0.15) is 0 Å². The molecule has 26 heavy (non-hydrogen) atoms. The molecule has 0 saturated heterocycles. The van der Waals surface area contributed by atoms with E-state index in [1.54, 1.807) is 18.2 Å². The van der Waals surface area contributed by atoms with E-state index in [0.717, 1.165) is 36.8 Å². The second kappa shape index (κ2) is 7.00. The Labute approximate surface area is 156 Å². The fraction of sp³-hybridized carbons (Fsp3) is 0.300. The van der Waals surface area contributed by atoms with Crippen LogP contribution in [0.3, 0.4) is 0 Å². The number of benzene rings is 2. The highest BCUT2D eigenvalue weighted by Crippen LogP contribution is 2.30. The molecule has 0 unspecified atom stereocenters. The maximum atomic E-state index is 12.5. The van der Waals surface area contributed by atoms with Crippen molar-refractivity contribution in [3.05, 3.63) is 69.1 Å². The second-order valence-corrected chi connectivity index (χ2v) is 7.22. The van der Waals surface area contributed by atoms with Gasteiger partial charge in [0, 0.05) is 23.2 Å². The van der Waals surface area contributed by atoms with Crippen molar-refractivity contribution in [1.29, 1.82) is 0 Å². The highest BCUT2D eigenvalue weighted by atomic mass is 35.5. The lowest BCUT2D eigenvalue weighted by molar-refractivity contribution is 0.0951. The molecule has 0 bridgehead atoms. The molecule has 0 atom stereocenters. The SMILES string of the molecule is O=C(NCc1cccc(Cl)c1)c1ccc2c(c1)[nH]c(=O)n2C1CCCC1. The van der Waals surface area contributed by atoms with Gasteiger partial charge in [0.05, 0.1) is 11.0 Å². The fourth-order valence-corrected chi connectivity index (χ4v) is 3.94. The summed E-state index contributed by atoms with van der Waals surface area (Å²) in [5, 5.41) is 3.53. The lowest BCUT2D eigenvalue weighted by Gasteiger charge is -2.11. The van der Waals surface area contributed by atoms with Gasteiger partial charge in [0.1, 0.15) is 0 Å². The predicted molar refractivity (Wildman–Crippen MR) is 103 cm³/mol. The second-order valence-electron chi connectivity index (χ2n) is 6.78. The number of halogens is 1. The summed E-state index contributed by atoms with van der Waals surface area (Å²) in [6, 6.07) is 13.0. The van der Waals surface area contributed by atoms with Crippen LogP contribution in [0.4, 0.5) is 0 Å². The van der Waals surface area contributed by atoms with Crippen molar-refractivity contribution in [2.45, 2.75) is 38.3 Å². The van der Waals surface area contributed by atoms with Crippen LogP contribution in [0, 0.1) is 0 Å². The third-order valence-corrected chi connectivity index (χ3v) is 5.25. The molecule has 1 amide bonds. The molecule has 6 heteroatoms. The van der Waals surface area contributed by atoms with Gasteiger partial charge < -0.3 is 10.3 Å². The van der Waals surface area contributed by atoms with Crippen LogP contribution in [-0.2, 0) is 6.54 Å². The van der Waals surface area contributed by atoms with E-state index >= 15 is 0 Å². The molecule has 2 N–H and O–H groups in total. The lowest BCUT2D eigenvalue weighted by Crippen LogP contribution is -2.22. The number of amides is 1. The first-order valence-electron chi connectivity index (χ1n) is 8.89. The number of carbonyl (C=O) groups excluding carboxylic acids is 1. The minimum atomic E-state index is -0.179. The van der Waals surface area contributed by atoms with Crippen molar-refractivity contribution in [2.24, 2.45) is 0 Å². The average Bonchev–Trinajstić information content (AvgIpc) is 3.25. The molecular weight excluding hydrogens is 350 g/mol. The maximum absolute atomic E-state index is 12.5. The number of nitrogens with zero attached hydrogens (tertiary/aromatic N) is 1. The summed E-state index contributed by atoms with van der Waals surface area (Å²) in [6.07, 6.45) is 4.39. The Morgan fingerprint density at radius 2 is 2.00 bits per heavy atom. The molecule has 4 rings (SSSR count). The van der Waals surface area contributed by atoms with Crippen LogP contribution in [0.15, 0.2) is 47.3 Å². The number of hydrogen-bond donors (Lipinski definition) is 2. The highest BCUT2D eigenvalue weighted by molar-refractivity contribution is 6.30. The van der Waals surface area contributed by atoms with Crippen LogP contribution >= 0.6 is 11.6 Å². The summed E-state index contributed by atoms with van der Waals surface area (Å²) >= 11 is 5.96. The number of rotatable bonds is 4. The van der Waals surface area contributed by atoms with E-state index in [1.807, 2.05) is 28.8 Å². The Morgan fingerprint density at radius 3 is 2.77 bits per heavy atom. The molecule has 1 aliphatic rings. The van der Waals surface area contributed by atoms with Crippen molar-refractivity contribution >= 4 is 28.5 Å². The standard InChI is InChI=1S/C20H20ClN3O2/c21-15-5-3-4-13(10-15)12-22-19(25)14-8-9-18-17(11-14)23-20(26)24(18)16-6-1-2-7-16/h3-5,8-11,16H,1-2,6-7,12H2,(H,22,25)(H,23,26). The van der Waals surface area contributed by atoms with E-state index < -0.39 is 0 Å². The Bertz CT molecular complexity index is 1020. The van der Waals surface area contributed by atoms with Crippen LogP contribution < -0.4 is 11.0 Å². The van der Waals surface area contributed by atoms with Crippen molar-refractivity contribution in [2.75, 3.05) is 0 Å². The molecule has 1 saturated carbocycles. The largest absolute Gasteiger partial charge is 0.348 e. The Hall–Kier alpha value is -2.53. The smallest absolute Gasteiger partial charge is 0.326 e. The third kappa shape index (κ3) is 3.27. The average molecular weight is 370 g/mol. The van der Waals surface area contributed by atoms with Gasteiger partial charge in [0.2, 0.25) is 0 Å². The van der Waals surface area contributed by atoms with Crippen LogP contribution in [0.25, 0.3) is 11.0 Å². The number of fused-ring (bicyclic) bond motifs is 1. The van der Waals surface area contributed by atoms with E-state index in [-0.39, 0.29) is 17.6 Å². The number of H-pyrrole nitrogens is 1. The monoisotopic (exact) mass is 369 g/mol. The Kier molecular flexibility index (Phi) is 4.55. The molecule has 134 valence electrons. The van der Waals surface area contributed by atoms with Crippen molar-refractivity contribution in [3.8, 4) is 0 Å². The molecular formula is C20H20ClN3O2. The summed E-state index contributed by atoms with van der Waals surface area (Å²) in [5.41, 5.74) is 2.95. The molecule has 0 radical (unpaired) electrons. The zero-order valence-electron chi connectivity index (χ0n) is 14.3. The number of hydrogen-bond acceptors (Lipinski definition) is 2. The van der Waals surface area contributed by atoms with Gasteiger partial charge in [-0.05, 0) is 48.7 Å². The maximum Gasteiger partial charge on any atom is 0.326 e. The van der Waals surface area contributed by atoms with Gasteiger partial charge in [-0.1, -0.05) is 36.6 Å². The number of aromatic nitrogens is 2. The van der Waals surface area contributed by atoms with Gasteiger partial charge in [0.15, 0.2) is 0 Å². The normalized spacial score (nSPS) is 14.8. The van der Waals surface area contributed by atoms with Gasteiger partial charge in [0.25, 0.3) is 5.91 Å². The summed E-state index contributed by atoms with van der Waals surface area (Å²) in [7, 11) is 0. The lowest BCUT2D eigenvalue weighted by atomic mass is 10.1. The van der Waals surface area contributed by atoms with Crippen LogP contribution in [0.1, 0.15) is 47.6 Å². The molecule has 1 aliphatic carbocycles. The quantitative estimate of drug-likeness (QED) is 0.729. The Balaban J connectivity index is 1.55. The molecule has 3 aromatic rings. The Morgan fingerprint density at radius 1 is 1.19 bits per heavy atom. The summed E-state index contributed by atoms with van der Waals surface area (Å²) in [4.78, 5) is 27.7. The summed E-state index contributed by atoms with van der Waals surface area (Å²) in [6.45, 7) is 0.400. The topological polar surface area (TPSA) is 66.9 Å². The first-order valence-corrected chi connectivity index (χ1v) is 9.26. The van der Waals surface area contributed by atoms with E-state index in [0.29, 0.717) is 22.6 Å². The third-order valence-electron chi connectivity index (χ3n) is 5.01. The predicted octanol–water partition coefficient (Wildman–Crippen LogP) is 4.03. The van der Waals surface area contributed by atoms with E-state index in [4.69, 9.17) is 11.6 Å². The first-order chi connectivity index (χ1) is 12.6. The van der Waals surface area contributed by atoms with Crippen LogP contribution in [0.2, 0.25) is 5.02 Å².